The van der Waals surface area contributed by atoms with Gasteiger partial charge >= 0.3 is 0 Å². The van der Waals surface area contributed by atoms with Crippen molar-refractivity contribution in [2.45, 2.75) is 26.7 Å². The number of hydrogen-bond donors (Lipinski definition) is 2. The summed E-state index contributed by atoms with van der Waals surface area (Å²) in [5.74, 6) is 0.967. The van der Waals surface area contributed by atoms with Gasteiger partial charge in [0.1, 0.15) is 10.7 Å². The fraction of sp³-hybridized carbons (Fsp3) is 0.429. The molecule has 0 spiro atoms. The molecule has 0 aromatic carbocycles. The first-order valence-electron chi connectivity index (χ1n) is 6.83. The van der Waals surface area contributed by atoms with E-state index in [1.807, 2.05) is 6.92 Å². The number of hydrogen-bond acceptors (Lipinski definition) is 6. The summed E-state index contributed by atoms with van der Waals surface area (Å²) in [6.45, 7) is 7.13. The molecule has 21 heavy (non-hydrogen) atoms. The van der Waals surface area contributed by atoms with E-state index < -0.39 is 0 Å². The molecule has 2 N–H and O–H groups in total. The first-order valence-corrected chi connectivity index (χ1v) is 7.65. The minimum absolute atomic E-state index is 0.0714. The number of anilines is 1. The van der Waals surface area contributed by atoms with Crippen molar-refractivity contribution in [3.05, 3.63) is 34.2 Å². The molecular weight excluding hydrogens is 286 g/mol. The molecule has 0 saturated heterocycles. The zero-order valence-electron chi connectivity index (χ0n) is 12.4. The van der Waals surface area contributed by atoms with Crippen molar-refractivity contribution in [2.24, 2.45) is 0 Å². The Morgan fingerprint density at radius 1 is 1.33 bits per heavy atom. The fourth-order valence-electron chi connectivity index (χ4n) is 1.71. The zero-order valence-corrected chi connectivity index (χ0v) is 13.2. The van der Waals surface area contributed by atoms with E-state index in [-0.39, 0.29) is 5.91 Å². The molecule has 0 bridgehead atoms. The summed E-state index contributed by atoms with van der Waals surface area (Å²) < 4.78 is 0. The van der Waals surface area contributed by atoms with Crippen molar-refractivity contribution in [3.8, 4) is 0 Å². The third-order valence-corrected chi connectivity index (χ3v) is 4.25. The van der Waals surface area contributed by atoms with Gasteiger partial charge in [-0.1, -0.05) is 13.8 Å². The summed E-state index contributed by atoms with van der Waals surface area (Å²) in [6, 6.07) is 0. The van der Waals surface area contributed by atoms with Crippen LogP contribution in [0.4, 0.5) is 5.82 Å². The molecule has 0 radical (unpaired) electrons. The summed E-state index contributed by atoms with van der Waals surface area (Å²) in [6.07, 6.45) is 4.88. The molecular formula is C14H19N5OS. The lowest BCUT2D eigenvalue weighted by molar-refractivity contribution is 0.0958. The van der Waals surface area contributed by atoms with E-state index in [9.17, 15) is 4.79 Å². The number of carbonyl (C=O) groups is 1. The average molecular weight is 305 g/mol. The molecule has 0 aliphatic heterocycles. The molecule has 0 unspecified atom stereocenters. The van der Waals surface area contributed by atoms with E-state index in [0.717, 1.165) is 10.7 Å². The third kappa shape index (κ3) is 4.22. The summed E-state index contributed by atoms with van der Waals surface area (Å²) in [7, 11) is 0. The lowest BCUT2D eigenvalue weighted by Crippen LogP contribution is -2.28. The van der Waals surface area contributed by atoms with Gasteiger partial charge in [-0.15, -0.1) is 11.3 Å². The lowest BCUT2D eigenvalue weighted by atomic mass is 10.2. The second-order valence-electron chi connectivity index (χ2n) is 4.89. The van der Waals surface area contributed by atoms with E-state index in [0.29, 0.717) is 29.7 Å². The summed E-state index contributed by atoms with van der Waals surface area (Å²) in [4.78, 5) is 25.3. The van der Waals surface area contributed by atoms with Gasteiger partial charge in [-0.05, 0) is 6.92 Å². The second-order valence-corrected chi connectivity index (χ2v) is 5.93. The molecule has 2 aromatic rings. The summed E-state index contributed by atoms with van der Waals surface area (Å²) in [5.41, 5.74) is 0.795. The predicted octanol–water partition coefficient (Wildman–Crippen LogP) is 2.21. The topological polar surface area (TPSA) is 79.8 Å². The zero-order chi connectivity index (χ0) is 15.2. The highest BCUT2D eigenvalue weighted by molar-refractivity contribution is 7.13. The lowest BCUT2D eigenvalue weighted by Gasteiger charge is -2.06. The number of rotatable bonds is 6. The number of aromatic nitrogens is 3. The van der Waals surface area contributed by atoms with Crippen LogP contribution in [0.5, 0.6) is 0 Å². The van der Waals surface area contributed by atoms with Crippen LogP contribution in [0.1, 0.15) is 40.1 Å². The third-order valence-electron chi connectivity index (χ3n) is 2.79. The van der Waals surface area contributed by atoms with Crippen LogP contribution in [0, 0.1) is 6.92 Å². The Bertz CT molecular complexity index is 597. The molecule has 0 aliphatic rings. The van der Waals surface area contributed by atoms with Gasteiger partial charge in [-0.3, -0.25) is 9.78 Å². The number of amides is 1. The van der Waals surface area contributed by atoms with Crippen molar-refractivity contribution in [1.82, 2.24) is 20.3 Å². The Morgan fingerprint density at radius 3 is 2.76 bits per heavy atom. The Morgan fingerprint density at radius 2 is 2.14 bits per heavy atom. The first kappa shape index (κ1) is 15.4. The van der Waals surface area contributed by atoms with E-state index in [2.05, 4.69) is 39.4 Å². The maximum Gasteiger partial charge on any atom is 0.263 e. The summed E-state index contributed by atoms with van der Waals surface area (Å²) in [5, 5.41) is 6.97. The van der Waals surface area contributed by atoms with Crippen LogP contribution in [0.2, 0.25) is 0 Å². The highest BCUT2D eigenvalue weighted by atomic mass is 32.1. The fourth-order valence-corrected chi connectivity index (χ4v) is 2.70. The van der Waals surface area contributed by atoms with Gasteiger partial charge in [-0.2, -0.15) is 0 Å². The normalized spacial score (nSPS) is 10.7. The molecule has 7 heteroatoms. The maximum absolute atomic E-state index is 12.1. The van der Waals surface area contributed by atoms with E-state index in [4.69, 9.17) is 0 Å². The summed E-state index contributed by atoms with van der Waals surface area (Å²) >= 11 is 1.46. The first-order chi connectivity index (χ1) is 10.1. The number of nitrogens with zero attached hydrogens (tertiary/aromatic N) is 3. The minimum Gasteiger partial charge on any atom is -0.367 e. The van der Waals surface area contributed by atoms with Gasteiger partial charge in [-0.25, -0.2) is 9.97 Å². The maximum atomic E-state index is 12.1. The smallest absolute Gasteiger partial charge is 0.263 e. The van der Waals surface area contributed by atoms with Crippen molar-refractivity contribution in [1.29, 1.82) is 0 Å². The Kier molecular flexibility index (Phi) is 5.21. The molecule has 112 valence electrons. The Hall–Kier alpha value is -2.02. The van der Waals surface area contributed by atoms with Gasteiger partial charge < -0.3 is 10.6 Å². The van der Waals surface area contributed by atoms with E-state index in [1.54, 1.807) is 18.6 Å². The van der Waals surface area contributed by atoms with Crippen LogP contribution in [0.15, 0.2) is 18.6 Å². The van der Waals surface area contributed by atoms with Gasteiger partial charge in [0.25, 0.3) is 5.91 Å². The number of thiazole rings is 1. The average Bonchev–Trinajstić information content (AvgIpc) is 2.87. The number of carbonyl (C=O) groups excluding carboxylic acids is 1. The van der Waals surface area contributed by atoms with Crippen molar-refractivity contribution in [2.75, 3.05) is 18.4 Å². The minimum atomic E-state index is -0.0714. The quantitative estimate of drug-likeness (QED) is 0.800. The van der Waals surface area contributed by atoms with Crippen LogP contribution >= 0.6 is 11.3 Å². The standard InChI is InChI=1S/C14H19N5OS/c1-9(2)14-19-10(3)12(21-14)13(20)18-7-6-17-11-8-15-4-5-16-11/h4-5,8-9H,6-7H2,1-3H3,(H,16,17)(H,18,20). The van der Waals surface area contributed by atoms with Crippen molar-refractivity contribution in [3.63, 3.8) is 0 Å². The Labute approximate surface area is 128 Å². The van der Waals surface area contributed by atoms with Gasteiger partial charge in [0.15, 0.2) is 0 Å². The van der Waals surface area contributed by atoms with Gasteiger partial charge in [0, 0.05) is 31.4 Å². The van der Waals surface area contributed by atoms with Crippen LogP contribution in [-0.4, -0.2) is 33.9 Å². The van der Waals surface area contributed by atoms with Crippen LogP contribution in [0.3, 0.4) is 0 Å². The SMILES string of the molecule is Cc1nc(C(C)C)sc1C(=O)NCCNc1cnccn1. The van der Waals surface area contributed by atoms with Crippen LogP contribution < -0.4 is 10.6 Å². The Balaban J connectivity index is 1.82. The predicted molar refractivity (Wildman–Crippen MR) is 83.8 cm³/mol. The second kappa shape index (κ2) is 7.12. The van der Waals surface area contributed by atoms with Crippen molar-refractivity contribution < 1.29 is 4.79 Å². The molecule has 1 amide bonds. The van der Waals surface area contributed by atoms with Crippen molar-refractivity contribution >= 4 is 23.1 Å². The highest BCUT2D eigenvalue weighted by Gasteiger charge is 2.16. The van der Waals surface area contributed by atoms with E-state index in [1.165, 1.54) is 11.3 Å². The number of nitrogens with one attached hydrogen (secondary N) is 2. The number of aryl methyl sites for hydroxylation is 1. The van der Waals surface area contributed by atoms with E-state index >= 15 is 0 Å². The molecule has 6 nitrogen and oxygen atoms in total. The molecule has 0 aliphatic carbocycles. The van der Waals surface area contributed by atoms with Gasteiger partial charge in [0.2, 0.25) is 0 Å². The monoisotopic (exact) mass is 305 g/mol. The molecule has 0 fully saturated rings. The molecule has 0 saturated carbocycles. The van der Waals surface area contributed by atoms with Gasteiger partial charge in [0.05, 0.1) is 16.9 Å². The molecule has 2 rings (SSSR count). The molecule has 0 atom stereocenters. The molecule has 2 heterocycles. The van der Waals surface area contributed by atoms with Crippen LogP contribution in [0.25, 0.3) is 0 Å². The largest absolute Gasteiger partial charge is 0.367 e. The van der Waals surface area contributed by atoms with Crippen LogP contribution in [-0.2, 0) is 0 Å². The highest BCUT2D eigenvalue weighted by Crippen LogP contribution is 2.24. The molecule has 2 aromatic heterocycles.